The SMILES string of the molecule is COc1ccc(Nc2cnc(C(=O)Nc3ccc4c(c3)OCO4)cn2)cc1. The number of carbonyl (C=O) groups excluding carboxylic acids is 1. The molecule has 1 aliphatic heterocycles. The first-order valence-corrected chi connectivity index (χ1v) is 8.15. The molecular weight excluding hydrogens is 348 g/mol. The summed E-state index contributed by atoms with van der Waals surface area (Å²) in [5, 5.41) is 5.87. The van der Waals surface area contributed by atoms with Crippen molar-refractivity contribution in [3.63, 3.8) is 0 Å². The third-order valence-electron chi connectivity index (χ3n) is 3.88. The number of aromatic nitrogens is 2. The molecule has 2 aromatic carbocycles. The maximum absolute atomic E-state index is 12.3. The lowest BCUT2D eigenvalue weighted by atomic mass is 10.2. The Morgan fingerprint density at radius 2 is 1.78 bits per heavy atom. The van der Waals surface area contributed by atoms with Gasteiger partial charge in [-0.15, -0.1) is 0 Å². The zero-order valence-electron chi connectivity index (χ0n) is 14.4. The summed E-state index contributed by atoms with van der Waals surface area (Å²) in [6.45, 7) is 0.181. The van der Waals surface area contributed by atoms with Crippen LogP contribution in [0.5, 0.6) is 17.2 Å². The van der Waals surface area contributed by atoms with Gasteiger partial charge >= 0.3 is 0 Å². The maximum Gasteiger partial charge on any atom is 0.275 e. The predicted octanol–water partition coefficient (Wildman–Crippen LogP) is 3.21. The quantitative estimate of drug-likeness (QED) is 0.718. The van der Waals surface area contributed by atoms with Gasteiger partial charge in [0.05, 0.1) is 19.5 Å². The highest BCUT2D eigenvalue weighted by atomic mass is 16.7. The summed E-state index contributed by atoms with van der Waals surface area (Å²) in [4.78, 5) is 20.7. The number of anilines is 3. The molecule has 27 heavy (non-hydrogen) atoms. The number of carbonyl (C=O) groups is 1. The average molecular weight is 364 g/mol. The van der Waals surface area contributed by atoms with Crippen LogP contribution in [0.15, 0.2) is 54.9 Å². The Morgan fingerprint density at radius 3 is 2.52 bits per heavy atom. The van der Waals surface area contributed by atoms with Crippen LogP contribution in [0.25, 0.3) is 0 Å². The molecule has 2 N–H and O–H groups in total. The van der Waals surface area contributed by atoms with E-state index >= 15 is 0 Å². The summed E-state index contributed by atoms with van der Waals surface area (Å²) in [6, 6.07) is 12.6. The molecule has 0 atom stereocenters. The zero-order valence-corrected chi connectivity index (χ0v) is 14.4. The first-order valence-electron chi connectivity index (χ1n) is 8.15. The van der Waals surface area contributed by atoms with E-state index in [4.69, 9.17) is 14.2 Å². The average Bonchev–Trinajstić information content (AvgIpc) is 3.17. The topological polar surface area (TPSA) is 94.6 Å². The lowest BCUT2D eigenvalue weighted by molar-refractivity contribution is 0.102. The first kappa shape index (κ1) is 16.6. The Bertz CT molecular complexity index is 958. The number of amides is 1. The minimum absolute atomic E-state index is 0.181. The zero-order chi connectivity index (χ0) is 18.6. The van der Waals surface area contributed by atoms with E-state index in [-0.39, 0.29) is 18.4 Å². The van der Waals surface area contributed by atoms with Gasteiger partial charge in [-0.1, -0.05) is 0 Å². The Balaban J connectivity index is 1.41. The molecule has 0 saturated carbocycles. The van der Waals surface area contributed by atoms with Crippen molar-refractivity contribution in [2.24, 2.45) is 0 Å². The van der Waals surface area contributed by atoms with Crippen LogP contribution in [-0.2, 0) is 0 Å². The highest BCUT2D eigenvalue weighted by Crippen LogP contribution is 2.34. The lowest BCUT2D eigenvalue weighted by Crippen LogP contribution is -2.14. The molecule has 2 heterocycles. The van der Waals surface area contributed by atoms with E-state index in [1.54, 1.807) is 25.3 Å². The van der Waals surface area contributed by atoms with Gasteiger partial charge in [0.25, 0.3) is 5.91 Å². The molecule has 0 spiro atoms. The number of nitrogens with one attached hydrogen (secondary N) is 2. The second kappa shape index (κ2) is 7.20. The van der Waals surface area contributed by atoms with Crippen LogP contribution in [0.2, 0.25) is 0 Å². The molecule has 8 heteroatoms. The van der Waals surface area contributed by atoms with Crippen LogP contribution in [0.4, 0.5) is 17.2 Å². The van der Waals surface area contributed by atoms with E-state index in [1.807, 2.05) is 24.3 Å². The number of ether oxygens (including phenoxy) is 3. The number of methoxy groups -OCH3 is 1. The highest BCUT2D eigenvalue weighted by Gasteiger charge is 2.15. The van der Waals surface area contributed by atoms with Crippen molar-refractivity contribution in [1.82, 2.24) is 9.97 Å². The molecule has 0 bridgehead atoms. The molecule has 136 valence electrons. The summed E-state index contributed by atoms with van der Waals surface area (Å²) < 4.78 is 15.7. The highest BCUT2D eigenvalue weighted by molar-refractivity contribution is 6.02. The van der Waals surface area contributed by atoms with E-state index in [1.165, 1.54) is 12.4 Å². The first-order chi connectivity index (χ1) is 13.2. The minimum Gasteiger partial charge on any atom is -0.497 e. The van der Waals surface area contributed by atoms with E-state index in [0.29, 0.717) is 23.0 Å². The third kappa shape index (κ3) is 3.74. The molecule has 3 aromatic rings. The van der Waals surface area contributed by atoms with Gasteiger partial charge in [-0.2, -0.15) is 0 Å². The third-order valence-corrected chi connectivity index (χ3v) is 3.88. The Morgan fingerprint density at radius 1 is 1.00 bits per heavy atom. The van der Waals surface area contributed by atoms with E-state index < -0.39 is 0 Å². The van der Waals surface area contributed by atoms with Crippen molar-refractivity contribution in [3.05, 3.63) is 60.6 Å². The normalized spacial score (nSPS) is 11.7. The van der Waals surface area contributed by atoms with Crippen molar-refractivity contribution in [1.29, 1.82) is 0 Å². The number of fused-ring (bicyclic) bond motifs is 1. The Labute approximate surface area is 155 Å². The fourth-order valence-electron chi connectivity index (χ4n) is 2.50. The summed E-state index contributed by atoms with van der Waals surface area (Å²) >= 11 is 0. The molecule has 0 aliphatic carbocycles. The molecule has 0 radical (unpaired) electrons. The second-order valence-corrected chi connectivity index (χ2v) is 5.66. The van der Waals surface area contributed by atoms with Crippen molar-refractivity contribution in [3.8, 4) is 17.2 Å². The molecule has 1 amide bonds. The molecular formula is C19H16N4O4. The largest absolute Gasteiger partial charge is 0.497 e. The summed E-state index contributed by atoms with van der Waals surface area (Å²) in [7, 11) is 1.61. The monoisotopic (exact) mass is 364 g/mol. The van der Waals surface area contributed by atoms with Gasteiger partial charge in [0.1, 0.15) is 17.3 Å². The fourth-order valence-corrected chi connectivity index (χ4v) is 2.50. The second-order valence-electron chi connectivity index (χ2n) is 5.66. The predicted molar refractivity (Wildman–Crippen MR) is 98.8 cm³/mol. The summed E-state index contributed by atoms with van der Waals surface area (Å²) in [5.74, 6) is 2.18. The van der Waals surface area contributed by atoms with Gasteiger partial charge in [0, 0.05) is 17.4 Å². The van der Waals surface area contributed by atoms with Gasteiger partial charge in [0.15, 0.2) is 11.5 Å². The smallest absolute Gasteiger partial charge is 0.275 e. The number of benzene rings is 2. The Kier molecular flexibility index (Phi) is 4.44. The molecule has 4 rings (SSSR count). The Hall–Kier alpha value is -3.81. The van der Waals surface area contributed by atoms with Gasteiger partial charge in [-0.25, -0.2) is 9.97 Å². The number of nitrogens with zero attached hydrogens (tertiary/aromatic N) is 2. The standard InChI is InChI=1S/C19H16N4O4/c1-25-14-5-2-12(3-6-14)22-18-10-20-15(9-21-18)19(24)23-13-4-7-16-17(8-13)27-11-26-16/h2-10H,11H2,1H3,(H,21,22)(H,23,24). The van der Waals surface area contributed by atoms with E-state index in [0.717, 1.165) is 11.4 Å². The van der Waals surface area contributed by atoms with Crippen molar-refractivity contribution in [2.45, 2.75) is 0 Å². The summed E-state index contributed by atoms with van der Waals surface area (Å²) in [6.07, 6.45) is 2.91. The molecule has 1 aliphatic rings. The molecule has 0 unspecified atom stereocenters. The van der Waals surface area contributed by atoms with Crippen LogP contribution in [0.1, 0.15) is 10.5 Å². The van der Waals surface area contributed by atoms with Crippen molar-refractivity contribution in [2.75, 3.05) is 24.5 Å². The van der Waals surface area contributed by atoms with Gasteiger partial charge in [-0.3, -0.25) is 4.79 Å². The van der Waals surface area contributed by atoms with Crippen LogP contribution in [0.3, 0.4) is 0 Å². The van der Waals surface area contributed by atoms with Crippen LogP contribution >= 0.6 is 0 Å². The van der Waals surface area contributed by atoms with Crippen molar-refractivity contribution >= 4 is 23.1 Å². The van der Waals surface area contributed by atoms with Gasteiger partial charge < -0.3 is 24.8 Å². The van der Waals surface area contributed by atoms with Gasteiger partial charge in [-0.05, 0) is 36.4 Å². The van der Waals surface area contributed by atoms with E-state index in [9.17, 15) is 4.79 Å². The fraction of sp³-hybridized carbons (Fsp3) is 0.105. The minimum atomic E-state index is -0.364. The maximum atomic E-state index is 12.3. The number of hydrogen-bond donors (Lipinski definition) is 2. The molecule has 0 fully saturated rings. The van der Waals surface area contributed by atoms with Crippen molar-refractivity contribution < 1.29 is 19.0 Å². The lowest BCUT2D eigenvalue weighted by Gasteiger charge is -2.08. The molecule has 0 saturated heterocycles. The molecule has 1 aromatic heterocycles. The number of rotatable bonds is 5. The number of hydrogen-bond acceptors (Lipinski definition) is 7. The molecule has 8 nitrogen and oxygen atoms in total. The summed E-state index contributed by atoms with van der Waals surface area (Å²) in [5.41, 5.74) is 1.63. The van der Waals surface area contributed by atoms with Crippen LogP contribution in [0, 0.1) is 0 Å². The van der Waals surface area contributed by atoms with Gasteiger partial charge in [0.2, 0.25) is 6.79 Å². The van der Waals surface area contributed by atoms with Crippen LogP contribution in [-0.4, -0.2) is 29.8 Å². The van der Waals surface area contributed by atoms with Crippen LogP contribution < -0.4 is 24.8 Å². The van der Waals surface area contributed by atoms with E-state index in [2.05, 4.69) is 20.6 Å².